The van der Waals surface area contributed by atoms with Crippen LogP contribution in [0.1, 0.15) is 18.6 Å². The minimum Gasteiger partial charge on any atom is -0.457 e. The zero-order valence-electron chi connectivity index (χ0n) is 10.8. The Bertz CT molecular complexity index is 640. The van der Waals surface area contributed by atoms with Crippen molar-refractivity contribution >= 4 is 15.9 Å². The molecule has 20 heavy (non-hydrogen) atoms. The number of halogens is 1. The SMILES string of the molecule is C[C@@H](O)c1ccc(Oc2ccc3c(c2)OCO3)cc1Br. The fourth-order valence-electron chi connectivity index (χ4n) is 1.99. The fraction of sp³-hybridized carbons (Fsp3) is 0.200. The molecular formula is C15H13BrO4. The maximum Gasteiger partial charge on any atom is 0.231 e. The lowest BCUT2D eigenvalue weighted by atomic mass is 10.1. The van der Waals surface area contributed by atoms with E-state index in [4.69, 9.17) is 14.2 Å². The summed E-state index contributed by atoms with van der Waals surface area (Å²) in [5.74, 6) is 2.76. The highest BCUT2D eigenvalue weighted by molar-refractivity contribution is 9.10. The van der Waals surface area contributed by atoms with Crippen LogP contribution in [0.5, 0.6) is 23.0 Å². The van der Waals surface area contributed by atoms with Gasteiger partial charge in [0.15, 0.2) is 11.5 Å². The number of fused-ring (bicyclic) bond motifs is 1. The van der Waals surface area contributed by atoms with Gasteiger partial charge in [-0.1, -0.05) is 22.0 Å². The van der Waals surface area contributed by atoms with Gasteiger partial charge < -0.3 is 19.3 Å². The summed E-state index contributed by atoms with van der Waals surface area (Å²) in [5, 5.41) is 9.59. The lowest BCUT2D eigenvalue weighted by Gasteiger charge is -2.11. The zero-order chi connectivity index (χ0) is 14.1. The van der Waals surface area contributed by atoms with Gasteiger partial charge >= 0.3 is 0 Å². The molecule has 2 aromatic rings. The second kappa shape index (κ2) is 5.34. The number of aliphatic hydroxyl groups excluding tert-OH is 1. The van der Waals surface area contributed by atoms with Crippen LogP contribution in [0.2, 0.25) is 0 Å². The molecule has 4 nitrogen and oxygen atoms in total. The molecule has 3 rings (SSSR count). The molecule has 2 aromatic carbocycles. The van der Waals surface area contributed by atoms with Crippen LogP contribution in [0.3, 0.4) is 0 Å². The Labute approximate surface area is 125 Å². The first-order valence-electron chi connectivity index (χ1n) is 6.18. The third-order valence-electron chi connectivity index (χ3n) is 3.00. The Balaban J connectivity index is 1.83. The van der Waals surface area contributed by atoms with Crippen LogP contribution in [0.15, 0.2) is 40.9 Å². The van der Waals surface area contributed by atoms with Crippen LogP contribution < -0.4 is 14.2 Å². The van der Waals surface area contributed by atoms with E-state index >= 15 is 0 Å². The average Bonchev–Trinajstić information content (AvgIpc) is 2.85. The van der Waals surface area contributed by atoms with Crippen molar-refractivity contribution in [2.24, 2.45) is 0 Å². The molecule has 0 amide bonds. The lowest BCUT2D eigenvalue weighted by Crippen LogP contribution is -1.93. The van der Waals surface area contributed by atoms with Crippen LogP contribution in [-0.2, 0) is 0 Å². The molecule has 0 bridgehead atoms. The van der Waals surface area contributed by atoms with E-state index < -0.39 is 6.10 Å². The van der Waals surface area contributed by atoms with Gasteiger partial charge in [-0.25, -0.2) is 0 Å². The third kappa shape index (κ3) is 2.59. The van der Waals surface area contributed by atoms with E-state index in [9.17, 15) is 5.11 Å². The quantitative estimate of drug-likeness (QED) is 0.919. The van der Waals surface area contributed by atoms with Crippen LogP contribution in [0.4, 0.5) is 0 Å². The largest absolute Gasteiger partial charge is 0.457 e. The molecule has 104 valence electrons. The first-order chi connectivity index (χ1) is 9.63. The van der Waals surface area contributed by atoms with Crippen molar-refractivity contribution in [3.05, 3.63) is 46.4 Å². The molecule has 0 radical (unpaired) electrons. The normalized spacial score (nSPS) is 14.2. The molecule has 5 heteroatoms. The molecule has 0 aromatic heterocycles. The first-order valence-corrected chi connectivity index (χ1v) is 6.98. The second-order valence-corrected chi connectivity index (χ2v) is 5.33. The summed E-state index contributed by atoms with van der Waals surface area (Å²) in [7, 11) is 0. The van der Waals surface area contributed by atoms with Crippen molar-refractivity contribution in [2.45, 2.75) is 13.0 Å². The number of hydrogen-bond donors (Lipinski definition) is 1. The Hall–Kier alpha value is -1.72. The van der Waals surface area contributed by atoms with Gasteiger partial charge in [0.1, 0.15) is 11.5 Å². The van der Waals surface area contributed by atoms with E-state index in [1.807, 2.05) is 30.3 Å². The maximum atomic E-state index is 9.59. The van der Waals surface area contributed by atoms with Crippen molar-refractivity contribution in [1.82, 2.24) is 0 Å². The molecule has 0 aliphatic carbocycles. The predicted molar refractivity (Wildman–Crippen MR) is 77.4 cm³/mol. The van der Waals surface area contributed by atoms with Crippen LogP contribution in [0.25, 0.3) is 0 Å². The van der Waals surface area contributed by atoms with Gasteiger partial charge in [-0.05, 0) is 36.8 Å². The average molecular weight is 337 g/mol. The smallest absolute Gasteiger partial charge is 0.231 e. The molecular weight excluding hydrogens is 324 g/mol. The molecule has 0 fully saturated rings. The highest BCUT2D eigenvalue weighted by atomic mass is 79.9. The molecule has 1 atom stereocenters. The molecule has 0 unspecified atom stereocenters. The van der Waals surface area contributed by atoms with Gasteiger partial charge in [0.05, 0.1) is 6.10 Å². The van der Waals surface area contributed by atoms with Crippen LogP contribution >= 0.6 is 15.9 Å². The minimum atomic E-state index is -0.524. The van der Waals surface area contributed by atoms with Crippen LogP contribution in [0, 0.1) is 0 Å². The van der Waals surface area contributed by atoms with E-state index in [1.54, 1.807) is 13.0 Å². The first kappa shape index (κ1) is 13.3. The molecule has 1 heterocycles. The van der Waals surface area contributed by atoms with Gasteiger partial charge in [-0.3, -0.25) is 0 Å². The van der Waals surface area contributed by atoms with E-state index in [2.05, 4.69) is 15.9 Å². The van der Waals surface area contributed by atoms with Crippen molar-refractivity contribution in [3.8, 4) is 23.0 Å². The molecule has 0 saturated carbocycles. The van der Waals surface area contributed by atoms with Crippen molar-refractivity contribution in [2.75, 3.05) is 6.79 Å². The summed E-state index contributed by atoms with van der Waals surface area (Å²) in [6.45, 7) is 1.96. The Kier molecular flexibility index (Phi) is 3.54. The van der Waals surface area contributed by atoms with Gasteiger partial charge in [0.25, 0.3) is 0 Å². The molecule has 1 aliphatic heterocycles. The topological polar surface area (TPSA) is 47.9 Å². The fourth-order valence-corrected chi connectivity index (χ4v) is 2.68. The number of rotatable bonds is 3. The minimum absolute atomic E-state index is 0.243. The summed E-state index contributed by atoms with van der Waals surface area (Å²) in [6, 6.07) is 10.9. The summed E-state index contributed by atoms with van der Waals surface area (Å²) < 4.78 is 17.1. The highest BCUT2D eigenvalue weighted by Crippen LogP contribution is 2.37. The van der Waals surface area contributed by atoms with E-state index in [1.165, 1.54) is 0 Å². The summed E-state index contributed by atoms with van der Waals surface area (Å²) in [5.41, 5.74) is 0.822. The van der Waals surface area contributed by atoms with Gasteiger partial charge in [-0.2, -0.15) is 0 Å². The van der Waals surface area contributed by atoms with E-state index in [0.717, 1.165) is 15.8 Å². The molecule has 0 saturated heterocycles. The highest BCUT2D eigenvalue weighted by Gasteiger charge is 2.14. The second-order valence-electron chi connectivity index (χ2n) is 4.48. The molecule has 0 spiro atoms. The van der Waals surface area contributed by atoms with Crippen LogP contribution in [-0.4, -0.2) is 11.9 Å². The molecule has 1 N–H and O–H groups in total. The number of hydrogen-bond acceptors (Lipinski definition) is 4. The number of benzene rings is 2. The number of aliphatic hydroxyl groups is 1. The zero-order valence-corrected chi connectivity index (χ0v) is 12.4. The summed E-state index contributed by atoms with van der Waals surface area (Å²) >= 11 is 3.43. The standard InChI is InChI=1S/C15H13BrO4/c1-9(17)12-4-2-10(6-13(12)16)20-11-3-5-14-15(7-11)19-8-18-14/h2-7,9,17H,8H2,1H3/t9-/m1/s1. The lowest BCUT2D eigenvalue weighted by molar-refractivity contribution is 0.174. The predicted octanol–water partition coefficient (Wildman–Crippen LogP) is 4.02. The van der Waals surface area contributed by atoms with Crippen molar-refractivity contribution < 1.29 is 19.3 Å². The summed E-state index contributed by atoms with van der Waals surface area (Å²) in [6.07, 6.45) is -0.524. The van der Waals surface area contributed by atoms with Gasteiger partial charge in [0, 0.05) is 10.5 Å². The van der Waals surface area contributed by atoms with E-state index in [0.29, 0.717) is 17.2 Å². The third-order valence-corrected chi connectivity index (χ3v) is 3.69. The Morgan fingerprint density at radius 1 is 1.10 bits per heavy atom. The Morgan fingerprint density at radius 2 is 1.80 bits per heavy atom. The van der Waals surface area contributed by atoms with Gasteiger partial charge in [0.2, 0.25) is 6.79 Å². The Morgan fingerprint density at radius 3 is 2.55 bits per heavy atom. The molecule has 1 aliphatic rings. The maximum absolute atomic E-state index is 9.59. The number of ether oxygens (including phenoxy) is 3. The van der Waals surface area contributed by atoms with Crippen molar-refractivity contribution in [3.63, 3.8) is 0 Å². The monoisotopic (exact) mass is 336 g/mol. The van der Waals surface area contributed by atoms with Gasteiger partial charge in [-0.15, -0.1) is 0 Å². The summed E-state index contributed by atoms with van der Waals surface area (Å²) in [4.78, 5) is 0. The van der Waals surface area contributed by atoms with Crippen molar-refractivity contribution in [1.29, 1.82) is 0 Å². The van der Waals surface area contributed by atoms with E-state index in [-0.39, 0.29) is 6.79 Å².